The quantitative estimate of drug-likeness (QED) is 0.330. The van der Waals surface area contributed by atoms with Crippen molar-refractivity contribution < 1.29 is 27.3 Å². The summed E-state index contributed by atoms with van der Waals surface area (Å²) in [5.74, 6) is 0. The van der Waals surface area contributed by atoms with E-state index in [1.54, 1.807) is 0 Å². The summed E-state index contributed by atoms with van der Waals surface area (Å²) in [5.41, 5.74) is 0. The molecule has 3 heteroatoms. The van der Waals surface area contributed by atoms with Crippen LogP contribution in [0, 0.1) is 6.79 Å². The Kier molecular flexibility index (Phi) is 21.8. The van der Waals surface area contributed by atoms with Gasteiger partial charge in [0.05, 0.1) is 0 Å². The van der Waals surface area contributed by atoms with Crippen LogP contribution < -0.4 is 0 Å². The number of aliphatic hydroxyl groups is 2. The van der Waals surface area contributed by atoms with Gasteiger partial charge in [0.1, 0.15) is 0 Å². The predicted molar refractivity (Wildman–Crippen MR) is 8.17 cm³/mol. The molecule has 0 aromatic carbocycles. The first-order valence-corrected chi connectivity index (χ1v) is 0.516. The summed E-state index contributed by atoms with van der Waals surface area (Å²) in [6, 6.07) is 0. The summed E-state index contributed by atoms with van der Waals surface area (Å²) < 4.78 is 0. The van der Waals surface area contributed by atoms with Gasteiger partial charge < -0.3 is 10.2 Å². The molecule has 0 spiro atoms. The van der Waals surface area contributed by atoms with Crippen LogP contribution in [0.2, 0.25) is 0 Å². The van der Waals surface area contributed by atoms with Gasteiger partial charge in [-0.1, -0.05) is 0 Å². The van der Waals surface area contributed by atoms with E-state index in [-0.39, 0.29) is 23.9 Å². The first kappa shape index (κ1) is 8.83. The number of aliphatic hydroxyl groups excluding tert-OH is 1. The van der Waals surface area contributed by atoms with Crippen molar-refractivity contribution in [3.63, 3.8) is 0 Å². The molecule has 0 unspecified atom stereocenters. The van der Waals surface area contributed by atoms with E-state index in [1.165, 1.54) is 0 Å². The monoisotopic (exact) mass is 103 g/mol. The summed E-state index contributed by atoms with van der Waals surface area (Å²) in [7, 11) is 0. The zero-order valence-electron chi connectivity index (χ0n) is 1.83. The molecule has 2 N–H and O–H groups in total. The van der Waals surface area contributed by atoms with Crippen LogP contribution in [0.25, 0.3) is 0 Å². The third kappa shape index (κ3) is 26.2. The summed E-state index contributed by atoms with van der Waals surface area (Å²) in [6.45, 7) is 0. The SMILES string of the molecule is O[CH-]O.[Fe]. The molecule has 0 amide bonds. The average molecular weight is 103 g/mol. The second-order valence-electron chi connectivity index (χ2n) is 0.115. The molecule has 0 bridgehead atoms. The Labute approximate surface area is 34.9 Å². The van der Waals surface area contributed by atoms with Crippen molar-refractivity contribution in [3.05, 3.63) is 6.79 Å². The van der Waals surface area contributed by atoms with Crippen LogP contribution in [0.3, 0.4) is 0 Å². The van der Waals surface area contributed by atoms with Gasteiger partial charge in [-0.05, 0) is 0 Å². The predicted octanol–water partition coefficient (Wildman–Crippen LogP) is -0.152. The second-order valence-corrected chi connectivity index (χ2v) is 0.115. The van der Waals surface area contributed by atoms with E-state index in [0.717, 1.165) is 0 Å². The zero-order valence-corrected chi connectivity index (χ0v) is 2.93. The molecule has 0 heterocycles. The van der Waals surface area contributed by atoms with Crippen LogP contribution in [0.15, 0.2) is 0 Å². The standard InChI is InChI=1S/CH3O2.Fe/c2-1-3;/h1-3H;/q-1;. The third-order valence-corrected chi connectivity index (χ3v) is 0. The maximum absolute atomic E-state index is 7.00. The Bertz CT molecular complexity index is 6.00. The molecule has 0 saturated carbocycles. The minimum atomic E-state index is 0. The van der Waals surface area contributed by atoms with E-state index in [2.05, 4.69) is 0 Å². The van der Waals surface area contributed by atoms with Crippen LogP contribution in [-0.4, -0.2) is 10.2 Å². The summed E-state index contributed by atoms with van der Waals surface area (Å²) in [5, 5.41) is 14.0. The zero-order chi connectivity index (χ0) is 2.71. The smallest absolute Gasteiger partial charge is 0 e. The van der Waals surface area contributed by atoms with E-state index < -0.39 is 0 Å². The van der Waals surface area contributed by atoms with Crippen molar-refractivity contribution in [1.82, 2.24) is 0 Å². The number of hydrogen-bond donors (Lipinski definition) is 2. The normalized spacial score (nSPS) is 4.50. The maximum Gasteiger partial charge on any atom is 0 e. The molecule has 0 aliphatic rings. The first-order chi connectivity index (χ1) is 1.41. The van der Waals surface area contributed by atoms with Gasteiger partial charge in [0.25, 0.3) is 0 Å². The Hall–Kier alpha value is 0.439. The van der Waals surface area contributed by atoms with E-state index >= 15 is 0 Å². The van der Waals surface area contributed by atoms with Crippen LogP contribution in [0.4, 0.5) is 0 Å². The van der Waals surface area contributed by atoms with Gasteiger partial charge in [-0.2, -0.15) is 0 Å². The molecular weight excluding hydrogens is 99.9 g/mol. The van der Waals surface area contributed by atoms with Crippen molar-refractivity contribution in [2.75, 3.05) is 0 Å². The van der Waals surface area contributed by atoms with Crippen molar-refractivity contribution in [2.45, 2.75) is 0 Å². The molecule has 0 aromatic rings. The topological polar surface area (TPSA) is 40.5 Å². The van der Waals surface area contributed by atoms with Crippen molar-refractivity contribution in [1.29, 1.82) is 0 Å². The molecule has 0 saturated heterocycles. The number of hydrogen-bond acceptors (Lipinski definition) is 2. The first-order valence-electron chi connectivity index (χ1n) is 0.516. The Morgan fingerprint density at radius 1 is 1.25 bits per heavy atom. The molecule has 0 aliphatic carbocycles. The van der Waals surface area contributed by atoms with E-state index in [4.69, 9.17) is 10.2 Å². The minimum absolute atomic E-state index is 0. The average Bonchev–Trinajstić information content (AvgIpc) is 0.918. The Morgan fingerprint density at radius 3 is 1.25 bits per heavy atom. The van der Waals surface area contributed by atoms with Crippen molar-refractivity contribution >= 4 is 0 Å². The van der Waals surface area contributed by atoms with Crippen molar-refractivity contribution in [2.24, 2.45) is 0 Å². The number of rotatable bonds is 0. The van der Waals surface area contributed by atoms with Gasteiger partial charge in [-0.25, -0.2) is 0 Å². The van der Waals surface area contributed by atoms with Crippen LogP contribution in [0.1, 0.15) is 0 Å². The summed E-state index contributed by atoms with van der Waals surface area (Å²) in [6.07, 6.45) is 0. The largest absolute Gasteiger partial charge is 0.539 e. The molecular formula is CH3FeO2-. The van der Waals surface area contributed by atoms with Gasteiger partial charge in [-0.15, -0.1) is 6.79 Å². The molecule has 0 aliphatic heterocycles. The fraction of sp³-hybridized carbons (Fsp3) is 0. The molecule has 0 aromatic heterocycles. The van der Waals surface area contributed by atoms with Gasteiger partial charge in [0.2, 0.25) is 0 Å². The van der Waals surface area contributed by atoms with E-state index in [9.17, 15) is 0 Å². The van der Waals surface area contributed by atoms with Gasteiger partial charge in [0, 0.05) is 17.1 Å². The molecule has 0 atom stereocenters. The summed E-state index contributed by atoms with van der Waals surface area (Å²) in [4.78, 5) is 0. The molecule has 28 valence electrons. The third-order valence-electron chi connectivity index (χ3n) is 0. The summed E-state index contributed by atoms with van der Waals surface area (Å²) >= 11 is 0. The Morgan fingerprint density at radius 2 is 1.25 bits per heavy atom. The molecule has 0 fully saturated rings. The van der Waals surface area contributed by atoms with Crippen LogP contribution in [-0.2, 0) is 17.1 Å². The minimum Gasteiger partial charge on any atom is -0.539 e. The van der Waals surface area contributed by atoms with Crippen molar-refractivity contribution in [3.8, 4) is 0 Å². The van der Waals surface area contributed by atoms with Gasteiger partial charge in [0.15, 0.2) is 0 Å². The molecule has 0 rings (SSSR count). The van der Waals surface area contributed by atoms with E-state index in [1.807, 2.05) is 0 Å². The van der Waals surface area contributed by atoms with Gasteiger partial charge in [-0.3, -0.25) is 0 Å². The van der Waals surface area contributed by atoms with Crippen LogP contribution in [0.5, 0.6) is 0 Å². The molecule has 4 heavy (non-hydrogen) atoms. The fourth-order valence-electron chi connectivity index (χ4n) is 0. The van der Waals surface area contributed by atoms with E-state index in [0.29, 0.717) is 0 Å². The Balaban J connectivity index is 0. The molecule has 2 nitrogen and oxygen atoms in total. The van der Waals surface area contributed by atoms with Crippen LogP contribution >= 0.6 is 0 Å². The fourth-order valence-corrected chi connectivity index (χ4v) is 0. The second kappa shape index (κ2) is 9.88. The maximum atomic E-state index is 7.00. The van der Waals surface area contributed by atoms with Gasteiger partial charge >= 0.3 is 0 Å². The molecule has 0 radical (unpaired) electrons.